The topological polar surface area (TPSA) is 58.2 Å². The summed E-state index contributed by atoms with van der Waals surface area (Å²) in [6.45, 7) is 5.74. The monoisotopic (exact) mass is 344 g/mol. The number of nitrogens with one attached hydrogen (secondary N) is 2. The van der Waals surface area contributed by atoms with Crippen molar-refractivity contribution in [1.82, 2.24) is 5.32 Å². The lowest BCUT2D eigenvalue weighted by Crippen LogP contribution is -2.47. The molecule has 24 heavy (non-hydrogen) atoms. The van der Waals surface area contributed by atoms with Crippen LogP contribution in [0.4, 0.5) is 5.69 Å². The number of carbonyl (C=O) groups is 2. The summed E-state index contributed by atoms with van der Waals surface area (Å²) in [5.41, 5.74) is 2.16. The van der Waals surface area contributed by atoms with Crippen molar-refractivity contribution in [2.45, 2.75) is 26.8 Å². The van der Waals surface area contributed by atoms with Crippen molar-refractivity contribution < 1.29 is 9.59 Å². The van der Waals surface area contributed by atoms with E-state index >= 15 is 0 Å². The molecule has 2 aromatic carbocycles. The number of aryl methyl sites for hydroxylation is 1. The number of rotatable bonds is 5. The summed E-state index contributed by atoms with van der Waals surface area (Å²) in [4.78, 5) is 24.9. The normalized spacial score (nSPS) is 11.9. The van der Waals surface area contributed by atoms with Crippen LogP contribution in [-0.2, 0) is 4.79 Å². The van der Waals surface area contributed by atoms with E-state index in [1.165, 1.54) is 0 Å². The fourth-order valence-electron chi connectivity index (χ4n) is 2.26. The highest BCUT2D eigenvalue weighted by atomic mass is 35.5. The van der Waals surface area contributed by atoms with Gasteiger partial charge in [-0.2, -0.15) is 0 Å². The van der Waals surface area contributed by atoms with Gasteiger partial charge in [-0.1, -0.05) is 55.3 Å². The second-order valence-corrected chi connectivity index (χ2v) is 6.44. The number of halogens is 1. The van der Waals surface area contributed by atoms with Gasteiger partial charge in [0.1, 0.15) is 6.04 Å². The minimum absolute atomic E-state index is 0.0677. The van der Waals surface area contributed by atoms with E-state index in [0.29, 0.717) is 16.3 Å². The van der Waals surface area contributed by atoms with E-state index in [1.54, 1.807) is 24.3 Å². The second-order valence-electron chi connectivity index (χ2n) is 6.03. The van der Waals surface area contributed by atoms with Crippen LogP contribution in [0.2, 0.25) is 5.02 Å². The van der Waals surface area contributed by atoms with Gasteiger partial charge in [-0.15, -0.1) is 0 Å². The van der Waals surface area contributed by atoms with E-state index in [4.69, 9.17) is 11.6 Å². The van der Waals surface area contributed by atoms with E-state index in [0.717, 1.165) is 5.56 Å². The Kier molecular flexibility index (Phi) is 5.99. The zero-order valence-corrected chi connectivity index (χ0v) is 14.7. The molecule has 5 heteroatoms. The van der Waals surface area contributed by atoms with Crippen molar-refractivity contribution in [3.63, 3.8) is 0 Å². The van der Waals surface area contributed by atoms with Gasteiger partial charge in [0.15, 0.2) is 0 Å². The molecule has 2 amide bonds. The molecule has 0 saturated heterocycles. The minimum Gasteiger partial charge on any atom is -0.340 e. The molecule has 1 atom stereocenters. The molecule has 0 aromatic heterocycles. The maximum absolute atomic E-state index is 12.5. The molecular formula is C19H21ClN2O2. The van der Waals surface area contributed by atoms with Gasteiger partial charge in [0.2, 0.25) is 5.91 Å². The van der Waals surface area contributed by atoms with Crippen molar-refractivity contribution in [3.05, 3.63) is 64.7 Å². The average Bonchev–Trinajstić information content (AvgIpc) is 2.54. The van der Waals surface area contributed by atoms with Crippen LogP contribution in [0.1, 0.15) is 29.8 Å². The number of carbonyl (C=O) groups excluding carboxylic acids is 2. The van der Waals surface area contributed by atoms with Crippen LogP contribution in [0.15, 0.2) is 48.5 Å². The van der Waals surface area contributed by atoms with Crippen LogP contribution in [0.25, 0.3) is 0 Å². The fourth-order valence-corrected chi connectivity index (χ4v) is 2.48. The van der Waals surface area contributed by atoms with Crippen LogP contribution in [-0.4, -0.2) is 17.9 Å². The largest absolute Gasteiger partial charge is 0.340 e. The molecule has 1 unspecified atom stereocenters. The summed E-state index contributed by atoms with van der Waals surface area (Å²) in [6, 6.07) is 13.6. The molecule has 0 bridgehead atoms. The average molecular weight is 345 g/mol. The van der Waals surface area contributed by atoms with E-state index < -0.39 is 6.04 Å². The number of amides is 2. The Morgan fingerprint density at radius 3 is 2.21 bits per heavy atom. The summed E-state index contributed by atoms with van der Waals surface area (Å²) in [7, 11) is 0. The summed E-state index contributed by atoms with van der Waals surface area (Å²) in [5, 5.41) is 5.96. The van der Waals surface area contributed by atoms with Crippen LogP contribution in [0, 0.1) is 12.8 Å². The SMILES string of the molecule is Cc1ccc(NC(=O)C(NC(=O)c2ccccc2Cl)C(C)C)cc1. The van der Waals surface area contributed by atoms with E-state index in [9.17, 15) is 9.59 Å². The number of hydrogen-bond acceptors (Lipinski definition) is 2. The first kappa shape index (κ1) is 18.0. The van der Waals surface area contributed by atoms with Crippen LogP contribution in [0.5, 0.6) is 0 Å². The van der Waals surface area contributed by atoms with Crippen molar-refractivity contribution in [2.75, 3.05) is 5.32 Å². The highest BCUT2D eigenvalue weighted by Crippen LogP contribution is 2.16. The third-order valence-corrected chi connectivity index (χ3v) is 4.00. The first-order chi connectivity index (χ1) is 11.4. The molecule has 0 spiro atoms. The number of hydrogen-bond donors (Lipinski definition) is 2. The van der Waals surface area contributed by atoms with E-state index in [-0.39, 0.29) is 17.7 Å². The molecule has 0 aliphatic heterocycles. The Bertz CT molecular complexity index is 726. The molecule has 0 saturated carbocycles. The van der Waals surface area contributed by atoms with Crippen LogP contribution < -0.4 is 10.6 Å². The molecule has 126 valence electrons. The summed E-state index contributed by atoms with van der Waals surface area (Å²) >= 11 is 6.04. The highest BCUT2D eigenvalue weighted by molar-refractivity contribution is 6.33. The molecule has 2 rings (SSSR count). The summed E-state index contributed by atoms with van der Waals surface area (Å²) in [5.74, 6) is -0.686. The first-order valence-corrected chi connectivity index (χ1v) is 8.19. The van der Waals surface area contributed by atoms with Gasteiger partial charge in [0, 0.05) is 5.69 Å². The highest BCUT2D eigenvalue weighted by Gasteiger charge is 2.25. The summed E-state index contributed by atoms with van der Waals surface area (Å²) < 4.78 is 0. The Morgan fingerprint density at radius 1 is 1.00 bits per heavy atom. The lowest BCUT2D eigenvalue weighted by molar-refractivity contribution is -0.118. The Morgan fingerprint density at radius 2 is 1.62 bits per heavy atom. The molecular weight excluding hydrogens is 324 g/mol. The Labute approximate surface area is 147 Å². The predicted octanol–water partition coefficient (Wildman–Crippen LogP) is 4.04. The van der Waals surface area contributed by atoms with Crippen molar-refractivity contribution in [1.29, 1.82) is 0 Å². The molecule has 0 aliphatic carbocycles. The van der Waals surface area contributed by atoms with Crippen molar-refractivity contribution in [3.8, 4) is 0 Å². The standard InChI is InChI=1S/C19H21ClN2O2/c1-12(2)17(19(24)21-14-10-8-13(3)9-11-14)22-18(23)15-6-4-5-7-16(15)20/h4-12,17H,1-3H3,(H,21,24)(H,22,23). The molecule has 0 heterocycles. The third kappa shape index (κ3) is 4.59. The van der Waals surface area contributed by atoms with Gasteiger partial charge >= 0.3 is 0 Å². The zero-order chi connectivity index (χ0) is 17.7. The van der Waals surface area contributed by atoms with Gasteiger partial charge in [0.25, 0.3) is 5.91 Å². The third-order valence-electron chi connectivity index (χ3n) is 3.67. The lowest BCUT2D eigenvalue weighted by Gasteiger charge is -2.22. The number of anilines is 1. The number of benzene rings is 2. The van der Waals surface area contributed by atoms with E-state index in [1.807, 2.05) is 45.0 Å². The van der Waals surface area contributed by atoms with Crippen LogP contribution in [0.3, 0.4) is 0 Å². The Balaban J connectivity index is 2.11. The predicted molar refractivity (Wildman–Crippen MR) is 97.4 cm³/mol. The van der Waals surface area contributed by atoms with Gasteiger partial charge in [0.05, 0.1) is 10.6 Å². The lowest BCUT2D eigenvalue weighted by atomic mass is 10.0. The zero-order valence-electron chi connectivity index (χ0n) is 14.0. The maximum Gasteiger partial charge on any atom is 0.253 e. The van der Waals surface area contributed by atoms with Gasteiger partial charge < -0.3 is 10.6 Å². The van der Waals surface area contributed by atoms with Gasteiger partial charge in [-0.3, -0.25) is 9.59 Å². The fraction of sp³-hybridized carbons (Fsp3) is 0.263. The molecule has 0 fully saturated rings. The van der Waals surface area contributed by atoms with Crippen molar-refractivity contribution in [2.24, 2.45) is 5.92 Å². The quantitative estimate of drug-likeness (QED) is 0.860. The second kappa shape index (κ2) is 7.97. The molecule has 2 N–H and O–H groups in total. The first-order valence-electron chi connectivity index (χ1n) is 7.81. The smallest absolute Gasteiger partial charge is 0.253 e. The van der Waals surface area contributed by atoms with E-state index in [2.05, 4.69) is 10.6 Å². The molecule has 0 radical (unpaired) electrons. The van der Waals surface area contributed by atoms with Crippen LogP contribution >= 0.6 is 11.6 Å². The molecule has 2 aromatic rings. The molecule has 0 aliphatic rings. The van der Waals surface area contributed by atoms with Crippen molar-refractivity contribution >= 4 is 29.1 Å². The minimum atomic E-state index is -0.657. The van der Waals surface area contributed by atoms with Gasteiger partial charge in [-0.25, -0.2) is 0 Å². The van der Waals surface area contributed by atoms with Gasteiger partial charge in [-0.05, 0) is 37.1 Å². The molecule has 4 nitrogen and oxygen atoms in total. The maximum atomic E-state index is 12.5. The summed E-state index contributed by atoms with van der Waals surface area (Å²) in [6.07, 6.45) is 0. The Hall–Kier alpha value is -2.33.